The van der Waals surface area contributed by atoms with Gasteiger partial charge in [-0.3, -0.25) is 24.6 Å². The number of amides is 3. The van der Waals surface area contributed by atoms with Crippen molar-refractivity contribution in [3.63, 3.8) is 0 Å². The Hall–Kier alpha value is -2.61. The molecule has 3 amide bonds. The van der Waals surface area contributed by atoms with Crippen molar-refractivity contribution in [2.24, 2.45) is 0 Å². The summed E-state index contributed by atoms with van der Waals surface area (Å²) in [7, 11) is 1.41. The maximum absolute atomic E-state index is 12.2. The van der Waals surface area contributed by atoms with Gasteiger partial charge in [-0.25, -0.2) is 0 Å². The Morgan fingerprint density at radius 2 is 1.95 bits per heavy atom. The standard InChI is InChI=1S/C14H12N4O3S/c1-3-10-16-17-14(22-10)15-11(19)7-4-5-8-9(6-7)13(21)18(2)12(8)20/h4-6H,3H2,1-2H3,(H,15,17,19). The number of fused-ring (bicyclic) bond motifs is 1. The van der Waals surface area contributed by atoms with E-state index in [0.29, 0.717) is 16.3 Å². The van der Waals surface area contributed by atoms with Crippen LogP contribution in [0.2, 0.25) is 0 Å². The molecule has 0 radical (unpaired) electrons. The largest absolute Gasteiger partial charge is 0.296 e. The van der Waals surface area contributed by atoms with Crippen LogP contribution in [0.3, 0.4) is 0 Å². The Morgan fingerprint density at radius 1 is 1.23 bits per heavy atom. The van der Waals surface area contributed by atoms with Crippen LogP contribution in [0.4, 0.5) is 5.13 Å². The van der Waals surface area contributed by atoms with E-state index in [4.69, 9.17) is 0 Å². The number of nitrogens with one attached hydrogen (secondary N) is 1. The van der Waals surface area contributed by atoms with Crippen molar-refractivity contribution in [1.29, 1.82) is 0 Å². The number of anilines is 1. The fourth-order valence-corrected chi connectivity index (χ4v) is 2.79. The molecule has 1 aliphatic rings. The van der Waals surface area contributed by atoms with E-state index >= 15 is 0 Å². The summed E-state index contributed by atoms with van der Waals surface area (Å²) in [5, 5.41) is 11.7. The minimum Gasteiger partial charge on any atom is -0.296 e. The van der Waals surface area contributed by atoms with Gasteiger partial charge < -0.3 is 0 Å². The summed E-state index contributed by atoms with van der Waals surface area (Å²) in [5.41, 5.74) is 0.850. The van der Waals surface area contributed by atoms with Crippen LogP contribution in [0.5, 0.6) is 0 Å². The lowest BCUT2D eigenvalue weighted by atomic mass is 10.1. The molecule has 112 valence electrons. The molecule has 0 atom stereocenters. The van der Waals surface area contributed by atoms with Gasteiger partial charge in [-0.1, -0.05) is 18.3 Å². The monoisotopic (exact) mass is 316 g/mol. The number of carbonyl (C=O) groups is 3. The molecule has 1 aromatic carbocycles. The fourth-order valence-electron chi connectivity index (χ4n) is 2.12. The van der Waals surface area contributed by atoms with E-state index in [1.165, 1.54) is 36.6 Å². The Bertz CT molecular complexity index is 799. The summed E-state index contributed by atoms with van der Waals surface area (Å²) in [6.45, 7) is 1.95. The Morgan fingerprint density at radius 3 is 2.64 bits per heavy atom. The molecule has 2 heterocycles. The quantitative estimate of drug-likeness (QED) is 0.868. The van der Waals surface area contributed by atoms with Gasteiger partial charge in [0, 0.05) is 12.6 Å². The van der Waals surface area contributed by atoms with Gasteiger partial charge >= 0.3 is 0 Å². The molecule has 0 bridgehead atoms. The lowest BCUT2D eigenvalue weighted by Gasteiger charge is -2.03. The summed E-state index contributed by atoms with van der Waals surface area (Å²) in [6.07, 6.45) is 0.745. The molecule has 2 aromatic rings. The number of hydrogen-bond donors (Lipinski definition) is 1. The van der Waals surface area contributed by atoms with Crippen LogP contribution in [0.15, 0.2) is 18.2 Å². The van der Waals surface area contributed by atoms with Gasteiger partial charge in [-0.05, 0) is 24.6 Å². The van der Waals surface area contributed by atoms with Crippen LogP contribution in [0.25, 0.3) is 0 Å². The van der Waals surface area contributed by atoms with E-state index in [2.05, 4.69) is 15.5 Å². The lowest BCUT2D eigenvalue weighted by Crippen LogP contribution is -2.24. The number of rotatable bonds is 3. The van der Waals surface area contributed by atoms with Gasteiger partial charge in [-0.15, -0.1) is 10.2 Å². The predicted molar refractivity (Wildman–Crippen MR) is 80.1 cm³/mol. The van der Waals surface area contributed by atoms with Crippen molar-refractivity contribution in [1.82, 2.24) is 15.1 Å². The highest BCUT2D eigenvalue weighted by Crippen LogP contribution is 2.23. The molecule has 0 fully saturated rings. The molecule has 1 N–H and O–H groups in total. The number of hydrogen-bond acceptors (Lipinski definition) is 6. The first-order valence-electron chi connectivity index (χ1n) is 6.61. The summed E-state index contributed by atoms with van der Waals surface area (Å²) < 4.78 is 0. The molecule has 0 saturated heterocycles. The first-order valence-corrected chi connectivity index (χ1v) is 7.43. The molecule has 7 nitrogen and oxygen atoms in total. The third-order valence-electron chi connectivity index (χ3n) is 3.34. The summed E-state index contributed by atoms with van der Waals surface area (Å²) in [4.78, 5) is 37.0. The van der Waals surface area contributed by atoms with Crippen LogP contribution in [-0.2, 0) is 6.42 Å². The Kier molecular flexibility index (Phi) is 3.45. The molecule has 8 heteroatoms. The van der Waals surface area contributed by atoms with E-state index < -0.39 is 11.8 Å². The van der Waals surface area contributed by atoms with Crippen LogP contribution < -0.4 is 5.32 Å². The SMILES string of the molecule is CCc1nnc(NC(=O)c2ccc3c(c2)C(=O)N(C)C3=O)s1. The van der Waals surface area contributed by atoms with Crippen molar-refractivity contribution in [3.05, 3.63) is 39.9 Å². The number of imide groups is 1. The first-order chi connectivity index (χ1) is 10.5. The second-order valence-electron chi connectivity index (χ2n) is 4.74. The zero-order valence-electron chi connectivity index (χ0n) is 11.9. The maximum atomic E-state index is 12.2. The van der Waals surface area contributed by atoms with Gasteiger partial charge in [0.2, 0.25) is 5.13 Å². The van der Waals surface area contributed by atoms with E-state index in [1.807, 2.05) is 6.92 Å². The van der Waals surface area contributed by atoms with Crippen molar-refractivity contribution in [2.45, 2.75) is 13.3 Å². The van der Waals surface area contributed by atoms with E-state index in [9.17, 15) is 14.4 Å². The fraction of sp³-hybridized carbons (Fsp3) is 0.214. The van der Waals surface area contributed by atoms with Gasteiger partial charge in [0.05, 0.1) is 11.1 Å². The highest BCUT2D eigenvalue weighted by Gasteiger charge is 2.33. The number of aryl methyl sites for hydroxylation is 1. The molecule has 3 rings (SSSR count). The zero-order chi connectivity index (χ0) is 15.9. The van der Waals surface area contributed by atoms with Crippen LogP contribution >= 0.6 is 11.3 Å². The maximum Gasteiger partial charge on any atom is 0.261 e. The van der Waals surface area contributed by atoms with Crippen LogP contribution in [-0.4, -0.2) is 39.9 Å². The molecule has 0 spiro atoms. The molecule has 1 aromatic heterocycles. The Labute approximate surface area is 130 Å². The van der Waals surface area contributed by atoms with Gasteiger partial charge in [0.1, 0.15) is 5.01 Å². The first kappa shape index (κ1) is 14.3. The topological polar surface area (TPSA) is 92.3 Å². The van der Waals surface area contributed by atoms with Crippen molar-refractivity contribution in [3.8, 4) is 0 Å². The number of nitrogens with zero attached hydrogens (tertiary/aromatic N) is 3. The van der Waals surface area contributed by atoms with Crippen LogP contribution in [0, 0.1) is 0 Å². The van der Waals surface area contributed by atoms with E-state index in [0.717, 1.165) is 16.3 Å². The number of carbonyl (C=O) groups excluding carboxylic acids is 3. The highest BCUT2D eigenvalue weighted by molar-refractivity contribution is 7.15. The molecular weight excluding hydrogens is 304 g/mol. The number of benzene rings is 1. The second-order valence-corrected chi connectivity index (χ2v) is 5.80. The van der Waals surface area contributed by atoms with Crippen LogP contribution in [0.1, 0.15) is 43.0 Å². The predicted octanol–water partition coefficient (Wildman–Crippen LogP) is 1.58. The average molecular weight is 316 g/mol. The lowest BCUT2D eigenvalue weighted by molar-refractivity contribution is 0.0693. The van der Waals surface area contributed by atoms with Crippen molar-refractivity contribution >= 4 is 34.2 Å². The molecule has 0 saturated carbocycles. The average Bonchev–Trinajstić information content (AvgIpc) is 3.06. The van der Waals surface area contributed by atoms with Gasteiger partial charge in [-0.2, -0.15) is 0 Å². The molecular formula is C14H12N4O3S. The third kappa shape index (κ3) is 2.27. The normalized spacial score (nSPS) is 13.5. The molecule has 0 unspecified atom stereocenters. The van der Waals surface area contributed by atoms with Gasteiger partial charge in [0.15, 0.2) is 0 Å². The van der Waals surface area contributed by atoms with Crippen molar-refractivity contribution < 1.29 is 14.4 Å². The third-order valence-corrected chi connectivity index (χ3v) is 4.32. The highest BCUT2D eigenvalue weighted by atomic mass is 32.1. The van der Waals surface area contributed by atoms with Crippen molar-refractivity contribution in [2.75, 3.05) is 12.4 Å². The summed E-state index contributed by atoms with van der Waals surface area (Å²) in [5.74, 6) is -1.15. The van der Waals surface area contributed by atoms with E-state index in [-0.39, 0.29) is 11.5 Å². The molecule has 22 heavy (non-hydrogen) atoms. The summed E-state index contributed by atoms with van der Waals surface area (Å²) >= 11 is 1.30. The van der Waals surface area contributed by atoms with Gasteiger partial charge in [0.25, 0.3) is 17.7 Å². The minimum atomic E-state index is -0.404. The molecule has 0 aliphatic carbocycles. The smallest absolute Gasteiger partial charge is 0.261 e. The summed E-state index contributed by atoms with van der Waals surface area (Å²) in [6, 6.07) is 4.43. The minimum absolute atomic E-state index is 0.242. The van der Waals surface area contributed by atoms with E-state index in [1.54, 1.807) is 0 Å². The molecule has 1 aliphatic heterocycles. The Balaban J connectivity index is 1.86. The second kappa shape index (κ2) is 5.30. The zero-order valence-corrected chi connectivity index (χ0v) is 12.7. The number of aromatic nitrogens is 2.